The van der Waals surface area contributed by atoms with Crippen LogP contribution in [0.3, 0.4) is 0 Å². The molecule has 3 atom stereocenters. The molecule has 0 spiro atoms. The van der Waals surface area contributed by atoms with Crippen LogP contribution in [0, 0.1) is 0 Å². The van der Waals surface area contributed by atoms with Crippen LogP contribution in [-0.4, -0.2) is 68.5 Å². The van der Waals surface area contributed by atoms with E-state index in [4.69, 9.17) is 9.05 Å². The van der Waals surface area contributed by atoms with Crippen molar-refractivity contribution in [3.05, 3.63) is 48.6 Å². The molecule has 2 N–H and O–H groups in total. The van der Waals surface area contributed by atoms with Crippen LogP contribution >= 0.6 is 7.82 Å². The Morgan fingerprint density at radius 2 is 0.767 bits per heavy atom. The van der Waals surface area contributed by atoms with Gasteiger partial charge in [0.1, 0.15) is 13.2 Å². The number of likely N-dealkylation sites (N-methyl/N-ethyl adjacent to an activating group) is 1. The SMILES string of the molecule is CCCCCCCCCC/C=C\CCCCCCCCCCCCCCCCCCCCCC(=O)NC(COP(=O)([O-])OCC[N+](C)(C)C)C(O)/C=C/CC/C=C/CC/C=C/CCCCCCCCCCCC. The van der Waals surface area contributed by atoms with Crippen molar-refractivity contribution in [2.24, 2.45) is 0 Å². The number of quaternary nitrogens is 1. The summed E-state index contributed by atoms with van der Waals surface area (Å²) in [5.74, 6) is -0.207. The number of nitrogens with zero attached hydrogens (tertiary/aromatic N) is 1. The van der Waals surface area contributed by atoms with Gasteiger partial charge in [-0.25, -0.2) is 0 Å². The van der Waals surface area contributed by atoms with Crippen LogP contribution in [0.4, 0.5) is 0 Å². The third-order valence-electron chi connectivity index (χ3n) is 14.2. The first-order valence-electron chi connectivity index (χ1n) is 31.5. The fourth-order valence-corrected chi connectivity index (χ4v) is 10.0. The summed E-state index contributed by atoms with van der Waals surface area (Å²) in [6.45, 7) is 4.65. The Balaban J connectivity index is 4.12. The van der Waals surface area contributed by atoms with Crippen molar-refractivity contribution in [1.82, 2.24) is 5.32 Å². The average Bonchev–Trinajstić information content (AvgIpc) is 3.35. The first-order chi connectivity index (χ1) is 35.5. The number of allylic oxidation sites excluding steroid dienone is 7. The van der Waals surface area contributed by atoms with E-state index in [1.807, 2.05) is 27.2 Å². The second-order valence-corrected chi connectivity index (χ2v) is 24.2. The Morgan fingerprint density at radius 1 is 0.466 bits per heavy atom. The predicted molar refractivity (Wildman–Crippen MR) is 316 cm³/mol. The van der Waals surface area contributed by atoms with E-state index in [1.54, 1.807) is 6.08 Å². The van der Waals surface area contributed by atoms with Gasteiger partial charge in [0, 0.05) is 6.42 Å². The Kier molecular flexibility index (Phi) is 54.1. The Morgan fingerprint density at radius 3 is 1.11 bits per heavy atom. The first-order valence-corrected chi connectivity index (χ1v) is 33.0. The smallest absolute Gasteiger partial charge is 0.268 e. The Hall–Kier alpha value is -1.54. The second kappa shape index (κ2) is 55.2. The lowest BCUT2D eigenvalue weighted by Gasteiger charge is -2.29. The quantitative estimate of drug-likeness (QED) is 0.0272. The van der Waals surface area contributed by atoms with Gasteiger partial charge in [-0.1, -0.05) is 274 Å². The number of nitrogens with one attached hydrogen (secondary N) is 1. The number of rotatable bonds is 58. The number of amides is 1. The number of phosphoric acid groups is 1. The third-order valence-corrected chi connectivity index (χ3v) is 15.2. The monoisotopic (exact) mass is 1050 g/mol. The van der Waals surface area contributed by atoms with Gasteiger partial charge in [-0.2, -0.15) is 0 Å². The minimum atomic E-state index is -4.61. The van der Waals surface area contributed by atoms with Crippen LogP contribution in [0.1, 0.15) is 303 Å². The number of aliphatic hydroxyl groups excluding tert-OH is 1. The summed E-state index contributed by atoms with van der Waals surface area (Å²) in [5.41, 5.74) is 0. The first kappa shape index (κ1) is 71.5. The van der Waals surface area contributed by atoms with Gasteiger partial charge in [-0.3, -0.25) is 9.36 Å². The number of carbonyl (C=O) groups is 1. The van der Waals surface area contributed by atoms with Gasteiger partial charge in [-0.15, -0.1) is 0 Å². The van der Waals surface area contributed by atoms with E-state index in [0.29, 0.717) is 17.4 Å². The number of aliphatic hydroxyl groups is 1. The molecule has 0 aromatic carbocycles. The van der Waals surface area contributed by atoms with Gasteiger partial charge in [-0.05, 0) is 70.6 Å². The average molecular weight is 1050 g/mol. The lowest BCUT2D eigenvalue weighted by molar-refractivity contribution is -0.870. The minimum absolute atomic E-state index is 0.00835. The van der Waals surface area contributed by atoms with E-state index < -0.39 is 26.6 Å². The van der Waals surface area contributed by atoms with Crippen molar-refractivity contribution < 1.29 is 32.9 Å². The molecule has 0 heterocycles. The molecule has 1 amide bonds. The molecule has 0 aromatic heterocycles. The summed E-state index contributed by atoms with van der Waals surface area (Å²) in [7, 11) is 1.24. The highest BCUT2D eigenvalue weighted by Crippen LogP contribution is 2.38. The summed E-state index contributed by atoms with van der Waals surface area (Å²) in [4.78, 5) is 25.5. The number of hydrogen-bond acceptors (Lipinski definition) is 6. The minimum Gasteiger partial charge on any atom is -0.756 e. The fourth-order valence-electron chi connectivity index (χ4n) is 9.30. The zero-order valence-corrected chi connectivity index (χ0v) is 50.0. The number of phosphoric ester groups is 1. The standard InChI is InChI=1S/C64H123N2O6P/c1-6-8-10-12-14-16-18-20-22-24-26-28-29-30-31-32-33-34-35-36-37-38-40-42-44-46-48-50-52-54-56-58-64(68)65-62(61-72-73(69,70)71-60-59-66(3,4)5)63(67)57-55-53-51-49-47-45-43-41-39-27-25-23-21-19-17-15-13-11-9-7-2/h24,26,39,41,47,49,55,57,62-63,67H,6-23,25,27-38,40,42-46,48,50-54,56,58-61H2,1-5H3,(H-,65,68,69,70)/b26-24-,41-39+,49-47+,57-55+. The van der Waals surface area contributed by atoms with E-state index in [2.05, 4.69) is 55.6 Å². The molecule has 3 unspecified atom stereocenters. The van der Waals surface area contributed by atoms with Crippen LogP contribution in [0.15, 0.2) is 48.6 Å². The lowest BCUT2D eigenvalue weighted by Crippen LogP contribution is -2.45. The molecule has 0 saturated carbocycles. The maximum absolute atomic E-state index is 13.0. The molecule has 0 aliphatic rings. The highest BCUT2D eigenvalue weighted by atomic mass is 31.2. The number of carbonyl (C=O) groups excluding carboxylic acids is 1. The van der Waals surface area contributed by atoms with E-state index in [0.717, 1.165) is 44.9 Å². The van der Waals surface area contributed by atoms with E-state index in [9.17, 15) is 19.4 Å². The summed E-state index contributed by atoms with van der Waals surface area (Å²) in [5, 5.41) is 13.9. The van der Waals surface area contributed by atoms with Crippen LogP contribution in [0.2, 0.25) is 0 Å². The second-order valence-electron chi connectivity index (χ2n) is 22.7. The van der Waals surface area contributed by atoms with Crippen molar-refractivity contribution in [2.75, 3.05) is 40.9 Å². The Bertz CT molecular complexity index is 1330. The Labute approximate surface area is 454 Å². The zero-order valence-electron chi connectivity index (χ0n) is 49.1. The normalized spacial score (nSPS) is 14.1. The molecule has 9 heteroatoms. The van der Waals surface area contributed by atoms with Crippen LogP contribution in [0.5, 0.6) is 0 Å². The number of hydrogen-bond donors (Lipinski definition) is 2. The molecule has 0 fully saturated rings. The van der Waals surface area contributed by atoms with Crippen molar-refractivity contribution in [2.45, 2.75) is 315 Å². The molecular weight excluding hydrogens is 924 g/mol. The van der Waals surface area contributed by atoms with E-state index in [-0.39, 0.29) is 12.5 Å². The van der Waals surface area contributed by atoms with Gasteiger partial charge in [0.15, 0.2) is 0 Å². The zero-order chi connectivity index (χ0) is 53.5. The third kappa shape index (κ3) is 58.0. The lowest BCUT2D eigenvalue weighted by atomic mass is 10.0. The predicted octanol–water partition coefficient (Wildman–Crippen LogP) is 18.9. The molecule has 0 aliphatic heterocycles. The van der Waals surface area contributed by atoms with Gasteiger partial charge in [0.2, 0.25) is 5.91 Å². The molecule has 430 valence electrons. The topological polar surface area (TPSA) is 108 Å². The largest absolute Gasteiger partial charge is 0.756 e. The van der Waals surface area contributed by atoms with Crippen LogP contribution < -0.4 is 10.2 Å². The summed E-state index contributed by atoms with van der Waals surface area (Å²) in [6.07, 6.45) is 73.6. The molecular formula is C64H123N2O6P. The summed E-state index contributed by atoms with van der Waals surface area (Å²) >= 11 is 0. The van der Waals surface area contributed by atoms with Crippen LogP contribution in [-0.2, 0) is 18.4 Å². The molecule has 0 radical (unpaired) electrons. The van der Waals surface area contributed by atoms with Gasteiger partial charge >= 0.3 is 0 Å². The highest BCUT2D eigenvalue weighted by Gasteiger charge is 2.23. The van der Waals surface area contributed by atoms with Crippen molar-refractivity contribution in [3.63, 3.8) is 0 Å². The van der Waals surface area contributed by atoms with Gasteiger partial charge < -0.3 is 28.8 Å². The highest BCUT2D eigenvalue weighted by molar-refractivity contribution is 7.45. The molecule has 0 aliphatic carbocycles. The molecule has 8 nitrogen and oxygen atoms in total. The van der Waals surface area contributed by atoms with Crippen molar-refractivity contribution in [3.8, 4) is 0 Å². The molecule has 0 aromatic rings. The van der Waals surface area contributed by atoms with E-state index in [1.165, 1.54) is 238 Å². The molecule has 0 bridgehead atoms. The summed E-state index contributed by atoms with van der Waals surface area (Å²) in [6, 6.07) is -0.910. The van der Waals surface area contributed by atoms with Crippen molar-refractivity contribution in [1.29, 1.82) is 0 Å². The van der Waals surface area contributed by atoms with Crippen LogP contribution in [0.25, 0.3) is 0 Å². The number of unbranched alkanes of at least 4 members (excludes halogenated alkanes) is 39. The van der Waals surface area contributed by atoms with Crippen molar-refractivity contribution >= 4 is 13.7 Å². The van der Waals surface area contributed by atoms with Gasteiger partial charge in [0.05, 0.1) is 39.9 Å². The van der Waals surface area contributed by atoms with Gasteiger partial charge in [0.25, 0.3) is 7.82 Å². The summed E-state index contributed by atoms with van der Waals surface area (Å²) < 4.78 is 23.4. The molecule has 0 saturated heterocycles. The molecule has 0 rings (SSSR count). The maximum Gasteiger partial charge on any atom is 0.268 e. The molecule has 73 heavy (non-hydrogen) atoms. The van der Waals surface area contributed by atoms with E-state index >= 15 is 0 Å². The maximum atomic E-state index is 13.0. The fraction of sp³-hybridized carbons (Fsp3) is 0.859.